The van der Waals surface area contributed by atoms with E-state index in [1.54, 1.807) is 11.3 Å². The SMILES string of the molecule is Cc1c(-c2nc(Nc3ccc(N4CCN(C)CC4)cn3)ncc2F)sc2c1nc(C)n2C1CCCC1. The van der Waals surface area contributed by atoms with E-state index in [4.69, 9.17) is 4.98 Å². The van der Waals surface area contributed by atoms with Gasteiger partial charge in [0.05, 0.1) is 23.0 Å². The molecule has 8 nitrogen and oxygen atoms in total. The van der Waals surface area contributed by atoms with Crippen molar-refractivity contribution in [3.8, 4) is 10.6 Å². The van der Waals surface area contributed by atoms with Gasteiger partial charge in [-0.05, 0) is 51.4 Å². The van der Waals surface area contributed by atoms with E-state index in [2.05, 4.69) is 54.7 Å². The molecule has 0 spiro atoms. The highest BCUT2D eigenvalue weighted by Gasteiger charge is 2.26. The lowest BCUT2D eigenvalue weighted by Crippen LogP contribution is -2.44. The molecule has 4 aromatic heterocycles. The molecule has 0 aromatic carbocycles. The highest BCUT2D eigenvalue weighted by molar-refractivity contribution is 7.22. The molecule has 1 saturated heterocycles. The van der Waals surface area contributed by atoms with Crippen LogP contribution in [0.1, 0.15) is 43.1 Å². The monoisotopic (exact) mass is 506 g/mol. The number of hydrogen-bond acceptors (Lipinski definition) is 8. The average molecular weight is 507 g/mol. The van der Waals surface area contributed by atoms with Crippen molar-refractivity contribution in [1.82, 2.24) is 29.4 Å². The molecule has 0 unspecified atom stereocenters. The molecule has 10 heteroatoms. The van der Waals surface area contributed by atoms with Crippen molar-refractivity contribution in [3.63, 3.8) is 0 Å². The van der Waals surface area contributed by atoms with Gasteiger partial charge in [-0.1, -0.05) is 12.8 Å². The standard InChI is InChI=1S/C26H31FN8S/c1-16-22-25(35(17(2)30-22)18-6-4-5-7-18)36-24(16)23-20(27)15-29-26(32-23)31-21-9-8-19(14-28-21)34-12-10-33(3)11-13-34/h8-9,14-15,18H,4-7,10-13H2,1-3H3,(H,28,29,31,32). The number of thiophene rings is 1. The Morgan fingerprint density at radius 3 is 2.50 bits per heavy atom. The smallest absolute Gasteiger partial charge is 0.229 e. The molecular formula is C26H31FN8S. The van der Waals surface area contributed by atoms with Crippen LogP contribution in [0.5, 0.6) is 0 Å². The van der Waals surface area contributed by atoms with Crippen molar-refractivity contribution >= 4 is 39.1 Å². The summed E-state index contributed by atoms with van der Waals surface area (Å²) in [5.41, 5.74) is 3.32. The maximum atomic E-state index is 15.0. The zero-order valence-electron chi connectivity index (χ0n) is 21.0. The van der Waals surface area contributed by atoms with Gasteiger partial charge in [-0.3, -0.25) is 0 Å². The normalized spacial score (nSPS) is 17.4. The Morgan fingerprint density at radius 1 is 1.00 bits per heavy atom. The highest BCUT2D eigenvalue weighted by Crippen LogP contribution is 2.42. The van der Waals surface area contributed by atoms with Crippen LogP contribution in [0.2, 0.25) is 0 Å². The Bertz CT molecular complexity index is 1380. The summed E-state index contributed by atoms with van der Waals surface area (Å²) in [5.74, 6) is 1.56. The largest absolute Gasteiger partial charge is 0.368 e. The van der Waals surface area contributed by atoms with Crippen LogP contribution in [0, 0.1) is 19.7 Å². The Hall–Kier alpha value is -3.11. The molecule has 36 heavy (non-hydrogen) atoms. The predicted octanol–water partition coefficient (Wildman–Crippen LogP) is 5.32. The minimum absolute atomic E-state index is 0.303. The molecule has 0 bridgehead atoms. The summed E-state index contributed by atoms with van der Waals surface area (Å²) in [7, 11) is 2.14. The van der Waals surface area contributed by atoms with Crippen LogP contribution < -0.4 is 10.2 Å². The van der Waals surface area contributed by atoms with Gasteiger partial charge in [-0.15, -0.1) is 11.3 Å². The molecule has 1 aliphatic heterocycles. The topological polar surface area (TPSA) is 75.0 Å². The van der Waals surface area contributed by atoms with Crippen molar-refractivity contribution < 1.29 is 4.39 Å². The number of likely N-dealkylation sites (N-methyl/N-ethyl adjacent to an activating group) is 1. The van der Waals surface area contributed by atoms with E-state index in [1.165, 1.54) is 31.9 Å². The minimum atomic E-state index is -0.435. The first kappa shape index (κ1) is 23.3. The fourth-order valence-corrected chi connectivity index (χ4v) is 6.74. The number of hydrogen-bond donors (Lipinski definition) is 1. The van der Waals surface area contributed by atoms with Gasteiger partial charge in [0.15, 0.2) is 5.82 Å². The third kappa shape index (κ3) is 4.22. The summed E-state index contributed by atoms with van der Waals surface area (Å²) in [6, 6.07) is 4.45. The second-order valence-electron chi connectivity index (χ2n) is 9.88. The summed E-state index contributed by atoms with van der Waals surface area (Å²) in [6.07, 6.45) is 7.95. The van der Waals surface area contributed by atoms with Crippen molar-refractivity contribution in [2.24, 2.45) is 0 Å². The second-order valence-corrected chi connectivity index (χ2v) is 10.9. The number of imidazole rings is 1. The van der Waals surface area contributed by atoms with Crippen molar-refractivity contribution in [3.05, 3.63) is 41.7 Å². The van der Waals surface area contributed by atoms with Crippen molar-refractivity contribution in [1.29, 1.82) is 0 Å². The highest BCUT2D eigenvalue weighted by atomic mass is 32.1. The molecule has 0 radical (unpaired) electrons. The Kier molecular flexibility index (Phi) is 6.08. The molecule has 1 saturated carbocycles. The summed E-state index contributed by atoms with van der Waals surface area (Å²) >= 11 is 1.58. The molecule has 6 rings (SSSR count). The van der Waals surface area contributed by atoms with Crippen molar-refractivity contribution in [2.45, 2.75) is 45.6 Å². The number of aromatic nitrogens is 5. The number of rotatable bonds is 5. The fourth-order valence-electron chi connectivity index (χ4n) is 5.38. The van der Waals surface area contributed by atoms with E-state index in [0.29, 0.717) is 23.5 Å². The molecule has 4 aromatic rings. The average Bonchev–Trinajstić information content (AvgIpc) is 3.59. The van der Waals surface area contributed by atoms with E-state index in [0.717, 1.165) is 58.5 Å². The van der Waals surface area contributed by atoms with Gasteiger partial charge < -0.3 is 19.7 Å². The van der Waals surface area contributed by atoms with E-state index in [-0.39, 0.29) is 0 Å². The van der Waals surface area contributed by atoms with Crippen LogP contribution in [0.25, 0.3) is 20.9 Å². The lowest BCUT2D eigenvalue weighted by atomic mass is 10.2. The molecule has 1 N–H and O–H groups in total. The summed E-state index contributed by atoms with van der Waals surface area (Å²) in [4.78, 5) is 24.7. The third-order valence-electron chi connectivity index (χ3n) is 7.44. The Balaban J connectivity index is 1.27. The van der Waals surface area contributed by atoms with Crippen molar-refractivity contribution in [2.75, 3.05) is 43.4 Å². The summed E-state index contributed by atoms with van der Waals surface area (Å²) in [6.45, 7) is 8.14. The first-order chi connectivity index (χ1) is 17.5. The van der Waals surface area contributed by atoms with Crippen LogP contribution >= 0.6 is 11.3 Å². The van der Waals surface area contributed by atoms with Gasteiger partial charge in [0.2, 0.25) is 5.95 Å². The number of piperazine rings is 1. The number of nitrogens with one attached hydrogen (secondary N) is 1. The maximum Gasteiger partial charge on any atom is 0.229 e. The zero-order valence-corrected chi connectivity index (χ0v) is 21.8. The van der Waals surface area contributed by atoms with E-state index < -0.39 is 5.82 Å². The number of nitrogens with zero attached hydrogens (tertiary/aromatic N) is 7. The van der Waals surface area contributed by atoms with Crippen LogP contribution in [-0.4, -0.2) is 62.6 Å². The van der Waals surface area contributed by atoms with Crippen LogP contribution in [0.3, 0.4) is 0 Å². The fraction of sp³-hybridized carbons (Fsp3) is 0.462. The first-order valence-corrected chi connectivity index (χ1v) is 13.5. The van der Waals surface area contributed by atoms with Crippen LogP contribution in [0.4, 0.5) is 21.8 Å². The Labute approximate surface area is 214 Å². The number of pyridine rings is 1. The molecule has 188 valence electrons. The molecule has 1 aliphatic carbocycles. The molecule has 2 fully saturated rings. The third-order valence-corrected chi connectivity index (χ3v) is 8.73. The van der Waals surface area contributed by atoms with Crippen LogP contribution in [-0.2, 0) is 0 Å². The van der Waals surface area contributed by atoms with E-state index >= 15 is 0 Å². The first-order valence-electron chi connectivity index (χ1n) is 12.7. The predicted molar refractivity (Wildman–Crippen MR) is 143 cm³/mol. The zero-order chi connectivity index (χ0) is 24.8. The molecule has 0 amide bonds. The molecule has 2 aliphatic rings. The molecular weight excluding hydrogens is 475 g/mol. The molecule has 0 atom stereocenters. The number of anilines is 3. The van der Waals surface area contributed by atoms with Gasteiger partial charge >= 0.3 is 0 Å². The Morgan fingerprint density at radius 2 is 1.78 bits per heavy atom. The summed E-state index contributed by atoms with van der Waals surface area (Å²) in [5, 5.41) is 3.15. The number of fused-ring (bicyclic) bond motifs is 1. The second kappa shape index (κ2) is 9.40. The van der Waals surface area contributed by atoms with Gasteiger partial charge in [0.1, 0.15) is 27.7 Å². The lowest BCUT2D eigenvalue weighted by molar-refractivity contribution is 0.313. The summed E-state index contributed by atoms with van der Waals surface area (Å²) < 4.78 is 17.3. The quantitative estimate of drug-likeness (QED) is 0.393. The van der Waals surface area contributed by atoms with Gasteiger partial charge in [-0.25, -0.2) is 24.3 Å². The van der Waals surface area contributed by atoms with E-state index in [9.17, 15) is 4.39 Å². The van der Waals surface area contributed by atoms with E-state index in [1.807, 2.05) is 19.2 Å². The number of aryl methyl sites for hydroxylation is 2. The lowest BCUT2D eigenvalue weighted by Gasteiger charge is -2.33. The van der Waals surface area contributed by atoms with Crippen LogP contribution in [0.15, 0.2) is 24.5 Å². The van der Waals surface area contributed by atoms with Gasteiger partial charge in [0.25, 0.3) is 0 Å². The maximum absolute atomic E-state index is 15.0. The number of halogens is 1. The van der Waals surface area contributed by atoms with Gasteiger partial charge in [0, 0.05) is 32.2 Å². The molecule has 5 heterocycles. The van der Waals surface area contributed by atoms with Gasteiger partial charge in [-0.2, -0.15) is 0 Å². The minimum Gasteiger partial charge on any atom is -0.368 e.